The molecule has 0 spiro atoms. The summed E-state index contributed by atoms with van der Waals surface area (Å²) in [6, 6.07) is 8.10. The van der Waals surface area contributed by atoms with Gasteiger partial charge >= 0.3 is 0 Å². The van der Waals surface area contributed by atoms with Crippen LogP contribution in [-0.2, 0) is 0 Å². The molecule has 0 saturated carbocycles. The molecule has 0 heteroatoms. The molecule has 0 aliphatic rings. The van der Waals surface area contributed by atoms with Crippen molar-refractivity contribution in [1.82, 2.24) is 0 Å². The summed E-state index contributed by atoms with van der Waals surface area (Å²) in [5.74, 6) is 0. The van der Waals surface area contributed by atoms with Gasteiger partial charge < -0.3 is 0 Å². The SMILES string of the molecule is C=C([CH2+])c1ccc(C(=C)C)cc1. The summed E-state index contributed by atoms with van der Waals surface area (Å²) in [4.78, 5) is 0. The Morgan fingerprint density at radius 2 is 1.50 bits per heavy atom. The molecule has 0 heterocycles. The average Bonchev–Trinajstić information content (AvgIpc) is 2.04. The van der Waals surface area contributed by atoms with E-state index in [-0.39, 0.29) is 0 Å². The highest BCUT2D eigenvalue weighted by Crippen LogP contribution is 2.16. The third kappa shape index (κ3) is 1.79. The maximum atomic E-state index is 3.86. The van der Waals surface area contributed by atoms with Crippen molar-refractivity contribution in [2.45, 2.75) is 6.92 Å². The molecule has 1 rings (SSSR count). The second-order valence-corrected chi connectivity index (χ2v) is 2.96. The largest absolute Gasteiger partial charge is 0.126 e. The highest BCUT2D eigenvalue weighted by atomic mass is 14.0. The van der Waals surface area contributed by atoms with Crippen LogP contribution in [0.4, 0.5) is 0 Å². The Bertz CT molecular complexity index is 268. The predicted molar refractivity (Wildman–Crippen MR) is 55.5 cm³/mol. The molecule has 0 unspecified atom stereocenters. The standard InChI is InChI=1S/C12H13/c1-9(2)11-5-7-12(8-6-11)10(3)4/h5-8H,1-3H2,4H3/q+1. The van der Waals surface area contributed by atoms with E-state index in [0.717, 1.165) is 16.7 Å². The number of allylic oxidation sites excluding steroid dienone is 2. The van der Waals surface area contributed by atoms with Gasteiger partial charge in [0.1, 0.15) is 5.57 Å². The quantitative estimate of drug-likeness (QED) is 0.576. The van der Waals surface area contributed by atoms with Crippen LogP contribution in [0.25, 0.3) is 11.1 Å². The van der Waals surface area contributed by atoms with Crippen LogP contribution in [0, 0.1) is 6.92 Å². The first kappa shape index (κ1) is 8.66. The summed E-state index contributed by atoms with van der Waals surface area (Å²) in [5.41, 5.74) is 4.18. The van der Waals surface area contributed by atoms with Crippen LogP contribution in [-0.4, -0.2) is 0 Å². The smallest absolute Gasteiger partial charge is 0.0955 e. The maximum absolute atomic E-state index is 3.86. The Morgan fingerprint density at radius 1 is 1.08 bits per heavy atom. The summed E-state index contributed by atoms with van der Waals surface area (Å²) in [6.45, 7) is 13.4. The van der Waals surface area contributed by atoms with Gasteiger partial charge in [0.15, 0.2) is 0 Å². The molecule has 1 aromatic carbocycles. The summed E-state index contributed by atoms with van der Waals surface area (Å²) in [5, 5.41) is 0. The molecule has 0 radical (unpaired) electrons. The van der Waals surface area contributed by atoms with Gasteiger partial charge in [-0.2, -0.15) is 0 Å². The van der Waals surface area contributed by atoms with Gasteiger partial charge in [-0.05, 0) is 24.6 Å². The molecule has 12 heavy (non-hydrogen) atoms. The van der Waals surface area contributed by atoms with Crippen LogP contribution in [0.1, 0.15) is 18.1 Å². The van der Waals surface area contributed by atoms with Gasteiger partial charge in [0.25, 0.3) is 0 Å². The molecular weight excluding hydrogens is 144 g/mol. The van der Waals surface area contributed by atoms with Crippen molar-refractivity contribution in [1.29, 1.82) is 0 Å². The Kier molecular flexibility index (Phi) is 2.39. The molecule has 0 atom stereocenters. The molecule has 0 nitrogen and oxygen atoms in total. The first-order valence-corrected chi connectivity index (χ1v) is 3.88. The fourth-order valence-corrected chi connectivity index (χ4v) is 0.990. The lowest BCUT2D eigenvalue weighted by Gasteiger charge is -1.97. The van der Waals surface area contributed by atoms with E-state index in [1.807, 2.05) is 31.2 Å². The van der Waals surface area contributed by atoms with E-state index in [1.54, 1.807) is 0 Å². The summed E-state index contributed by atoms with van der Waals surface area (Å²) in [6.07, 6.45) is 0. The van der Waals surface area contributed by atoms with E-state index < -0.39 is 0 Å². The normalized spacial score (nSPS) is 9.42. The van der Waals surface area contributed by atoms with Gasteiger partial charge in [-0.25, -0.2) is 0 Å². The van der Waals surface area contributed by atoms with Gasteiger partial charge in [0.05, 0.1) is 5.56 Å². The minimum absolute atomic E-state index is 0.850. The molecular formula is C12H13+. The first-order chi connectivity index (χ1) is 5.61. The Hall–Kier alpha value is -1.43. The minimum atomic E-state index is 0.850. The zero-order valence-corrected chi connectivity index (χ0v) is 7.43. The number of rotatable bonds is 2. The average molecular weight is 157 g/mol. The van der Waals surface area contributed by atoms with Gasteiger partial charge in [-0.15, -0.1) is 0 Å². The van der Waals surface area contributed by atoms with Gasteiger partial charge in [-0.1, -0.05) is 12.2 Å². The zero-order valence-electron chi connectivity index (χ0n) is 7.43. The second kappa shape index (κ2) is 3.31. The molecule has 0 fully saturated rings. The van der Waals surface area contributed by atoms with Gasteiger partial charge in [-0.3, -0.25) is 0 Å². The third-order valence-corrected chi connectivity index (χ3v) is 1.79. The van der Waals surface area contributed by atoms with Crippen molar-refractivity contribution in [3.8, 4) is 0 Å². The topological polar surface area (TPSA) is 0 Å². The van der Waals surface area contributed by atoms with Crippen LogP contribution in [0.3, 0.4) is 0 Å². The van der Waals surface area contributed by atoms with E-state index in [4.69, 9.17) is 0 Å². The fraction of sp³-hybridized carbons (Fsp3) is 0.0833. The zero-order chi connectivity index (χ0) is 9.14. The molecule has 0 saturated heterocycles. The maximum Gasteiger partial charge on any atom is 0.126 e. The summed E-state index contributed by atoms with van der Waals surface area (Å²) < 4.78 is 0. The summed E-state index contributed by atoms with van der Waals surface area (Å²) in [7, 11) is 0. The minimum Gasteiger partial charge on any atom is -0.0955 e. The molecule has 0 amide bonds. The van der Waals surface area contributed by atoms with Crippen molar-refractivity contribution >= 4 is 11.1 Å². The Labute approximate surface area is 74.2 Å². The number of hydrogen-bond acceptors (Lipinski definition) is 0. The van der Waals surface area contributed by atoms with E-state index in [9.17, 15) is 0 Å². The highest BCUT2D eigenvalue weighted by Gasteiger charge is 2.00. The molecule has 60 valence electrons. The lowest BCUT2D eigenvalue weighted by molar-refractivity contribution is 1.55. The predicted octanol–water partition coefficient (Wildman–Crippen LogP) is 3.57. The third-order valence-electron chi connectivity index (χ3n) is 1.79. The number of benzene rings is 1. The van der Waals surface area contributed by atoms with Crippen molar-refractivity contribution in [3.05, 3.63) is 55.5 Å². The van der Waals surface area contributed by atoms with Crippen LogP contribution in [0.5, 0.6) is 0 Å². The number of hydrogen-bond donors (Lipinski definition) is 0. The molecule has 1 aromatic rings. The Morgan fingerprint density at radius 3 is 1.83 bits per heavy atom. The van der Waals surface area contributed by atoms with Crippen LogP contribution in [0.15, 0.2) is 37.4 Å². The van der Waals surface area contributed by atoms with E-state index in [0.29, 0.717) is 0 Å². The first-order valence-electron chi connectivity index (χ1n) is 3.88. The molecule has 0 aliphatic heterocycles. The highest BCUT2D eigenvalue weighted by molar-refractivity contribution is 5.69. The van der Waals surface area contributed by atoms with Gasteiger partial charge in [0.2, 0.25) is 0 Å². The monoisotopic (exact) mass is 157 g/mol. The lowest BCUT2D eigenvalue weighted by Crippen LogP contribution is -1.80. The van der Waals surface area contributed by atoms with Crippen LogP contribution >= 0.6 is 0 Å². The van der Waals surface area contributed by atoms with E-state index in [2.05, 4.69) is 20.1 Å². The molecule has 0 N–H and O–H groups in total. The van der Waals surface area contributed by atoms with Crippen LogP contribution in [0.2, 0.25) is 0 Å². The van der Waals surface area contributed by atoms with Crippen molar-refractivity contribution in [2.75, 3.05) is 0 Å². The fourth-order valence-electron chi connectivity index (χ4n) is 0.990. The lowest BCUT2D eigenvalue weighted by atomic mass is 10.0. The van der Waals surface area contributed by atoms with Crippen molar-refractivity contribution in [2.24, 2.45) is 0 Å². The summed E-state index contributed by atoms with van der Waals surface area (Å²) >= 11 is 0. The van der Waals surface area contributed by atoms with Crippen LogP contribution < -0.4 is 0 Å². The molecule has 0 bridgehead atoms. The molecule has 0 aromatic heterocycles. The van der Waals surface area contributed by atoms with Gasteiger partial charge in [0, 0.05) is 25.6 Å². The second-order valence-electron chi connectivity index (χ2n) is 2.96. The van der Waals surface area contributed by atoms with E-state index in [1.165, 1.54) is 5.56 Å². The Balaban J connectivity index is 3.01. The van der Waals surface area contributed by atoms with E-state index >= 15 is 0 Å². The van der Waals surface area contributed by atoms with Crippen molar-refractivity contribution in [3.63, 3.8) is 0 Å². The molecule has 0 aliphatic carbocycles. The van der Waals surface area contributed by atoms with Crippen molar-refractivity contribution < 1.29 is 0 Å².